The fraction of sp³-hybridized carbons (Fsp3) is 0.667. The van der Waals surface area contributed by atoms with Crippen LogP contribution in [0.1, 0.15) is 6.92 Å². The van der Waals surface area contributed by atoms with E-state index in [4.69, 9.17) is 5.73 Å². The topological polar surface area (TPSA) is 66.2 Å². The second-order valence-electron chi connectivity index (χ2n) is 1.11. The summed E-state index contributed by atoms with van der Waals surface area (Å²) in [5, 5.41) is 9.46. The third kappa shape index (κ3) is 7.24. The van der Waals surface area contributed by atoms with Crippen LogP contribution in [0.15, 0.2) is 0 Å². The van der Waals surface area contributed by atoms with Crippen molar-refractivity contribution in [1.82, 2.24) is 0 Å². The van der Waals surface area contributed by atoms with Crippen LogP contribution in [0.25, 0.3) is 0 Å². The Hall–Kier alpha value is 1.24. The van der Waals surface area contributed by atoms with Crippen LogP contribution in [-0.4, -0.2) is 12.0 Å². The Kier molecular flexibility index (Phi) is 8.51. The minimum Gasteiger partial charge on any atom is -0.548 e. The maximum absolute atomic E-state index is 9.46. The van der Waals surface area contributed by atoms with Gasteiger partial charge in [0.05, 0.1) is 5.97 Å². The zero-order valence-electron chi connectivity index (χ0n) is 4.47. The van der Waals surface area contributed by atoms with Gasteiger partial charge in [0.25, 0.3) is 0 Å². The minimum atomic E-state index is -1.21. The summed E-state index contributed by atoms with van der Waals surface area (Å²) in [6.45, 7) is 1.36. The first kappa shape index (κ1) is 11.1. The first-order chi connectivity index (χ1) is 2.64. The summed E-state index contributed by atoms with van der Waals surface area (Å²) < 4.78 is 0. The summed E-state index contributed by atoms with van der Waals surface area (Å²) in [6, 6.07) is -0.843. The van der Waals surface area contributed by atoms with Crippen LogP contribution >= 0.6 is 0 Å². The van der Waals surface area contributed by atoms with Crippen LogP contribution in [0.5, 0.6) is 0 Å². The molecule has 1 atom stereocenters. The van der Waals surface area contributed by atoms with E-state index in [1.807, 2.05) is 0 Å². The second-order valence-corrected chi connectivity index (χ2v) is 1.11. The quantitative estimate of drug-likeness (QED) is 0.432. The van der Waals surface area contributed by atoms with E-state index in [1.54, 1.807) is 0 Å². The number of nitrogens with two attached hydrogens (primary N) is 1. The van der Waals surface area contributed by atoms with E-state index in [2.05, 4.69) is 0 Å². The fourth-order valence-corrected chi connectivity index (χ4v) is 0. The SMILES string of the molecule is CC(N)C(=O)[O-].[Rb+]. The molecule has 2 N–H and O–H groups in total. The van der Waals surface area contributed by atoms with Crippen molar-refractivity contribution in [2.24, 2.45) is 5.73 Å². The number of rotatable bonds is 1. The molecule has 3 nitrogen and oxygen atoms in total. The molecule has 0 heterocycles. The van der Waals surface area contributed by atoms with Crippen molar-refractivity contribution in [2.75, 3.05) is 0 Å². The molecule has 0 saturated heterocycles. The van der Waals surface area contributed by atoms with E-state index in [-0.39, 0.29) is 58.2 Å². The molecule has 1 unspecified atom stereocenters. The summed E-state index contributed by atoms with van der Waals surface area (Å²) in [6.07, 6.45) is 0. The number of aliphatic carboxylic acids is 1. The van der Waals surface area contributed by atoms with Crippen molar-refractivity contribution < 1.29 is 68.1 Å². The van der Waals surface area contributed by atoms with Crippen LogP contribution in [0, 0.1) is 0 Å². The molecule has 36 valence electrons. The van der Waals surface area contributed by atoms with Crippen LogP contribution in [-0.2, 0) is 4.79 Å². The largest absolute Gasteiger partial charge is 1.00 e. The van der Waals surface area contributed by atoms with Crippen molar-refractivity contribution in [3.8, 4) is 0 Å². The molecule has 4 heteroatoms. The van der Waals surface area contributed by atoms with Gasteiger partial charge in [-0.15, -0.1) is 0 Å². The van der Waals surface area contributed by atoms with Crippen LogP contribution < -0.4 is 69.0 Å². The molecule has 0 amide bonds. The van der Waals surface area contributed by atoms with Crippen molar-refractivity contribution >= 4 is 5.97 Å². The van der Waals surface area contributed by atoms with Crippen molar-refractivity contribution in [3.05, 3.63) is 0 Å². The maximum atomic E-state index is 9.46. The number of carboxylic acid groups (broad SMARTS) is 1. The van der Waals surface area contributed by atoms with E-state index in [9.17, 15) is 9.90 Å². The average Bonchev–Trinajstić information content (AvgIpc) is 1.36. The van der Waals surface area contributed by atoms with Crippen LogP contribution in [0.2, 0.25) is 0 Å². The van der Waals surface area contributed by atoms with Gasteiger partial charge in [0.2, 0.25) is 0 Å². The van der Waals surface area contributed by atoms with Crippen molar-refractivity contribution in [3.63, 3.8) is 0 Å². The molecule has 0 aromatic carbocycles. The zero-order valence-corrected chi connectivity index (χ0v) is 9.39. The monoisotopic (exact) mass is 173 g/mol. The Labute approximate surface area is 91.1 Å². The summed E-state index contributed by atoms with van der Waals surface area (Å²) in [5.74, 6) is -1.21. The third-order valence-electron chi connectivity index (χ3n) is 0.372. The molecule has 0 saturated carbocycles. The van der Waals surface area contributed by atoms with Gasteiger partial charge in [-0.1, -0.05) is 0 Å². The molecule has 0 aromatic rings. The van der Waals surface area contributed by atoms with E-state index >= 15 is 0 Å². The van der Waals surface area contributed by atoms with Crippen LogP contribution in [0.3, 0.4) is 0 Å². The summed E-state index contributed by atoms with van der Waals surface area (Å²) in [4.78, 5) is 9.46. The predicted octanol–water partition coefficient (Wildman–Crippen LogP) is -4.91. The zero-order chi connectivity index (χ0) is 5.15. The first-order valence-electron chi connectivity index (χ1n) is 1.61. The van der Waals surface area contributed by atoms with Gasteiger partial charge in [0, 0.05) is 6.04 Å². The molecular formula is C3H6NO2Rb. The molecule has 0 aliphatic rings. The van der Waals surface area contributed by atoms with E-state index in [0.717, 1.165) is 0 Å². The average molecular weight is 174 g/mol. The van der Waals surface area contributed by atoms with E-state index in [1.165, 1.54) is 6.92 Å². The number of carbonyl (C=O) groups excluding carboxylic acids is 1. The molecule has 0 spiro atoms. The van der Waals surface area contributed by atoms with E-state index < -0.39 is 12.0 Å². The normalized spacial score (nSPS) is 11.7. The molecular weight excluding hydrogens is 168 g/mol. The smallest absolute Gasteiger partial charge is 0.548 e. The molecule has 0 bridgehead atoms. The van der Waals surface area contributed by atoms with Gasteiger partial charge >= 0.3 is 58.2 Å². The molecule has 0 aliphatic carbocycles. The molecule has 0 aromatic heterocycles. The van der Waals surface area contributed by atoms with Gasteiger partial charge in [-0.2, -0.15) is 0 Å². The first-order valence-corrected chi connectivity index (χ1v) is 1.61. The van der Waals surface area contributed by atoms with Crippen molar-refractivity contribution in [1.29, 1.82) is 0 Å². The van der Waals surface area contributed by atoms with Crippen molar-refractivity contribution in [2.45, 2.75) is 13.0 Å². The second kappa shape index (κ2) is 5.37. The number of hydrogen-bond acceptors (Lipinski definition) is 3. The van der Waals surface area contributed by atoms with Gasteiger partial charge in [-0.25, -0.2) is 0 Å². The predicted molar refractivity (Wildman–Crippen MR) is 18.7 cm³/mol. The van der Waals surface area contributed by atoms with E-state index in [0.29, 0.717) is 0 Å². The molecule has 0 aliphatic heterocycles. The molecule has 7 heavy (non-hydrogen) atoms. The number of carbonyl (C=O) groups is 1. The number of carboxylic acids is 1. The Bertz CT molecular complexity index is 64.0. The Morgan fingerprint density at radius 1 is 1.86 bits per heavy atom. The summed E-state index contributed by atoms with van der Waals surface area (Å²) >= 11 is 0. The Balaban J connectivity index is 0. The molecule has 0 radical (unpaired) electrons. The Morgan fingerprint density at radius 3 is 2.00 bits per heavy atom. The Morgan fingerprint density at radius 2 is 2.00 bits per heavy atom. The van der Waals surface area contributed by atoms with Gasteiger partial charge in [0.15, 0.2) is 0 Å². The molecule has 0 rings (SSSR count). The minimum absolute atomic E-state index is 0. The summed E-state index contributed by atoms with van der Waals surface area (Å²) in [7, 11) is 0. The standard InChI is InChI=1S/C3H7NO2.Rb/c1-2(4)3(5)6;/h2H,4H2,1H3,(H,5,6);/q;+1/p-1. The third-order valence-corrected chi connectivity index (χ3v) is 0.372. The van der Waals surface area contributed by atoms with Gasteiger partial charge in [0.1, 0.15) is 0 Å². The van der Waals surface area contributed by atoms with Gasteiger partial charge in [-0.05, 0) is 6.92 Å². The number of hydrogen-bond donors (Lipinski definition) is 1. The van der Waals surface area contributed by atoms with Gasteiger partial charge in [-0.3, -0.25) is 0 Å². The summed E-state index contributed by atoms with van der Waals surface area (Å²) in [5.41, 5.74) is 4.77. The maximum Gasteiger partial charge on any atom is 1.00 e. The fourth-order valence-electron chi connectivity index (χ4n) is 0. The van der Waals surface area contributed by atoms with Gasteiger partial charge < -0.3 is 15.6 Å². The van der Waals surface area contributed by atoms with Crippen LogP contribution in [0.4, 0.5) is 0 Å². The molecule has 0 fully saturated rings.